The minimum absolute atomic E-state index is 0.165. The largest absolute Gasteiger partial charge is 0.467 e. The van der Waals surface area contributed by atoms with E-state index < -0.39 is 16.8 Å². The Bertz CT molecular complexity index is 288. The number of hydrogen-bond acceptors (Lipinski definition) is 5. The number of carbonyl (C=O) groups excluding carboxylic acids is 2. The van der Waals surface area contributed by atoms with Crippen LogP contribution in [0, 0.1) is 0 Å². The molecule has 0 aromatic carbocycles. The summed E-state index contributed by atoms with van der Waals surface area (Å²) in [6.45, 7) is 1.59. The van der Waals surface area contributed by atoms with Crippen LogP contribution in [0.15, 0.2) is 0 Å². The van der Waals surface area contributed by atoms with Crippen LogP contribution in [0.4, 0.5) is 4.79 Å². The van der Waals surface area contributed by atoms with Crippen LogP contribution in [0.2, 0.25) is 0 Å². The lowest BCUT2D eigenvalue weighted by Gasteiger charge is -2.29. The second-order valence-electron chi connectivity index (χ2n) is 3.66. The molecule has 1 aliphatic heterocycles. The number of amides is 1. The fourth-order valence-corrected chi connectivity index (χ4v) is 2.83. The lowest BCUT2D eigenvalue weighted by molar-refractivity contribution is -0.146. The van der Waals surface area contributed by atoms with Crippen molar-refractivity contribution in [3.05, 3.63) is 0 Å². The van der Waals surface area contributed by atoms with Gasteiger partial charge < -0.3 is 14.7 Å². The van der Waals surface area contributed by atoms with E-state index in [-0.39, 0.29) is 12.4 Å². The van der Waals surface area contributed by atoms with E-state index in [9.17, 15) is 14.7 Å². The van der Waals surface area contributed by atoms with Crippen molar-refractivity contribution in [2.24, 2.45) is 0 Å². The van der Waals surface area contributed by atoms with Crippen LogP contribution in [0.3, 0.4) is 0 Å². The van der Waals surface area contributed by atoms with E-state index in [0.29, 0.717) is 5.88 Å². The molecule has 0 saturated carbocycles. The number of esters is 1. The zero-order chi connectivity index (χ0) is 11.6. The van der Waals surface area contributed by atoms with Gasteiger partial charge in [-0.2, -0.15) is 0 Å². The van der Waals surface area contributed by atoms with Crippen molar-refractivity contribution in [1.29, 1.82) is 0 Å². The number of rotatable bonds is 2. The molecule has 0 aromatic rings. The van der Waals surface area contributed by atoms with Gasteiger partial charge in [0.15, 0.2) is 5.81 Å². The average molecular weight is 231 g/mol. The Balaban J connectivity index is 2.97. The van der Waals surface area contributed by atoms with Crippen LogP contribution in [-0.2, 0) is 9.53 Å². The summed E-state index contributed by atoms with van der Waals surface area (Å²) in [5.74, 6) is -0.256. The first kappa shape index (κ1) is 12.4. The van der Waals surface area contributed by atoms with Gasteiger partial charge in [0.05, 0.1) is 24.3 Å². The zero-order valence-corrected chi connectivity index (χ0v) is 9.84. The highest BCUT2D eigenvalue weighted by atomic mass is 32.2. The van der Waals surface area contributed by atoms with Crippen LogP contribution < -0.4 is 0 Å². The van der Waals surface area contributed by atoms with Crippen molar-refractivity contribution in [1.82, 2.24) is 4.90 Å². The predicted octanol–water partition coefficient (Wildman–Crippen LogP) is -0.962. The number of aliphatic hydroxyl groups excluding tert-OH is 1. The average Bonchev–Trinajstić information content (AvgIpc) is 2.56. The van der Waals surface area contributed by atoms with Gasteiger partial charge in [-0.3, -0.25) is 4.79 Å². The van der Waals surface area contributed by atoms with Crippen molar-refractivity contribution in [3.63, 3.8) is 0 Å². The second-order valence-corrected chi connectivity index (χ2v) is 5.14. The molecule has 5 nitrogen and oxygen atoms in total. The van der Waals surface area contributed by atoms with Crippen LogP contribution in [0.25, 0.3) is 0 Å². The number of nitrogens with zero attached hydrogens (tertiary/aromatic N) is 1. The Morgan fingerprint density at radius 1 is 1.73 bits per heavy atom. The van der Waals surface area contributed by atoms with Gasteiger partial charge in [0, 0.05) is 0 Å². The van der Waals surface area contributed by atoms with Gasteiger partial charge in [-0.05, 0) is 6.92 Å². The van der Waals surface area contributed by atoms with E-state index >= 15 is 0 Å². The summed E-state index contributed by atoms with van der Waals surface area (Å²) < 4.78 is 3.99. The third-order valence-electron chi connectivity index (χ3n) is 2.57. The molecule has 2 unspecified atom stereocenters. The van der Waals surface area contributed by atoms with Gasteiger partial charge >= 0.3 is 5.97 Å². The Kier molecular flexibility index (Phi) is 3.67. The highest BCUT2D eigenvalue weighted by Gasteiger charge is 2.50. The summed E-state index contributed by atoms with van der Waals surface area (Å²) in [7, 11) is 2.68. The summed E-state index contributed by atoms with van der Waals surface area (Å²) in [4.78, 5) is 24.3. The molecule has 7 heteroatoms. The first-order valence-corrected chi connectivity index (χ1v) is 5.54. The first-order chi connectivity index (χ1) is 6.96. The molecule has 0 aliphatic carbocycles. The third-order valence-corrected chi connectivity index (χ3v) is 3.99. The van der Waals surface area contributed by atoms with Gasteiger partial charge in [-0.15, -0.1) is 11.8 Å². The highest BCUT2D eigenvalue weighted by molar-refractivity contribution is 8.01. The van der Waals surface area contributed by atoms with Crippen molar-refractivity contribution >= 4 is 31.4 Å². The van der Waals surface area contributed by atoms with E-state index in [1.807, 2.05) is 0 Å². The Morgan fingerprint density at radius 3 is 2.73 bits per heavy atom. The van der Waals surface area contributed by atoms with Crippen molar-refractivity contribution in [3.8, 4) is 0 Å². The fraction of sp³-hybridized carbons (Fsp3) is 0.750. The second kappa shape index (κ2) is 4.44. The molecule has 1 heterocycles. The van der Waals surface area contributed by atoms with Crippen LogP contribution in [0.1, 0.15) is 6.92 Å². The topological polar surface area (TPSA) is 66.8 Å². The molecule has 0 aromatic heterocycles. The number of methoxy groups -OCH3 is 1. The molecule has 0 bridgehead atoms. The molecule has 1 fully saturated rings. The van der Waals surface area contributed by atoms with E-state index in [1.54, 1.807) is 6.92 Å². The maximum absolute atomic E-state index is 11.6. The third kappa shape index (κ3) is 2.13. The number of ether oxygens (including phenoxy) is 1. The predicted molar refractivity (Wildman–Crippen MR) is 59.5 cm³/mol. The normalized spacial score (nSPS) is 30.3. The summed E-state index contributed by atoms with van der Waals surface area (Å²) in [5, 5.41) is 9.27. The molecule has 2 atom stereocenters. The van der Waals surface area contributed by atoms with E-state index in [4.69, 9.17) is 0 Å². The summed E-state index contributed by atoms with van der Waals surface area (Å²) >= 11 is 1.39. The molecule has 1 aliphatic rings. The molecule has 1 rings (SSSR count). The highest BCUT2D eigenvalue weighted by Crippen LogP contribution is 2.39. The molecule has 0 radical (unpaired) electrons. The Labute approximate surface area is 93.6 Å². The van der Waals surface area contributed by atoms with Gasteiger partial charge in [0.25, 0.3) is 0 Å². The lowest BCUT2D eigenvalue weighted by Crippen LogP contribution is -2.51. The number of aliphatic hydroxyl groups is 1. The minimum Gasteiger partial charge on any atom is -0.467 e. The van der Waals surface area contributed by atoms with E-state index in [2.05, 4.69) is 4.74 Å². The number of hydrogen-bond donors (Lipinski definition) is 1. The lowest BCUT2D eigenvalue weighted by atomic mass is 9.98. The van der Waals surface area contributed by atoms with Crippen LogP contribution >= 0.6 is 11.8 Å². The molecular weight excluding hydrogens is 217 g/mol. The van der Waals surface area contributed by atoms with Crippen LogP contribution in [-0.4, -0.2) is 60.0 Å². The molecule has 84 valence electrons. The molecule has 1 N–H and O–H groups in total. The molecule has 15 heavy (non-hydrogen) atoms. The maximum atomic E-state index is 11.6. The summed E-state index contributed by atoms with van der Waals surface area (Å²) in [5.41, 5.74) is 0. The Hall–Kier alpha value is -0.685. The summed E-state index contributed by atoms with van der Waals surface area (Å²) in [6, 6.07) is -0.699. The zero-order valence-electron chi connectivity index (χ0n) is 9.02. The summed E-state index contributed by atoms with van der Waals surface area (Å²) in [6.07, 6.45) is 0. The molecule has 1 amide bonds. The molecule has 0 spiro atoms. The van der Waals surface area contributed by atoms with E-state index in [1.165, 1.54) is 31.6 Å². The standard InChI is InChI=1S/C8H14BNO4S/c1-8(3-11)5(6(12)14-2)10(4-15-8)7(9)13/h5,11H,3-4,9H2,1-2H3. The quantitative estimate of drug-likeness (QED) is 0.489. The fourth-order valence-electron chi connectivity index (χ4n) is 1.59. The van der Waals surface area contributed by atoms with Crippen molar-refractivity contribution < 1.29 is 19.4 Å². The monoisotopic (exact) mass is 231 g/mol. The Morgan fingerprint density at radius 2 is 2.33 bits per heavy atom. The molecule has 1 saturated heterocycles. The minimum atomic E-state index is -0.699. The number of carbonyl (C=O) groups is 2. The number of thioether (sulfide) groups is 1. The van der Waals surface area contributed by atoms with Crippen molar-refractivity contribution in [2.75, 3.05) is 19.6 Å². The SMILES string of the molecule is BC(=O)N1CSC(C)(CO)C1C(=O)OC. The van der Waals surface area contributed by atoms with Gasteiger partial charge in [-0.1, -0.05) is 0 Å². The van der Waals surface area contributed by atoms with E-state index in [0.717, 1.165) is 0 Å². The van der Waals surface area contributed by atoms with Gasteiger partial charge in [-0.25, -0.2) is 4.79 Å². The van der Waals surface area contributed by atoms with Crippen LogP contribution in [0.5, 0.6) is 0 Å². The van der Waals surface area contributed by atoms with Gasteiger partial charge in [0.1, 0.15) is 6.04 Å². The van der Waals surface area contributed by atoms with Gasteiger partial charge in [0.2, 0.25) is 7.85 Å². The smallest absolute Gasteiger partial charge is 0.330 e. The maximum Gasteiger partial charge on any atom is 0.330 e. The van der Waals surface area contributed by atoms with Crippen molar-refractivity contribution in [2.45, 2.75) is 17.7 Å². The molecular formula is C8H14BNO4S. The first-order valence-electron chi connectivity index (χ1n) is 4.56.